The van der Waals surface area contributed by atoms with E-state index in [-0.39, 0.29) is 0 Å². The third-order valence-electron chi connectivity index (χ3n) is 2.93. The molecule has 1 heterocycles. The quantitative estimate of drug-likeness (QED) is 0.912. The van der Waals surface area contributed by atoms with E-state index in [1.807, 2.05) is 6.07 Å². The number of anilines is 1. The molecule has 0 amide bonds. The van der Waals surface area contributed by atoms with Crippen molar-refractivity contribution in [2.24, 2.45) is 0 Å². The van der Waals surface area contributed by atoms with E-state index >= 15 is 0 Å². The average Bonchev–Trinajstić information content (AvgIpc) is 2.47. The molecule has 0 aliphatic heterocycles. The van der Waals surface area contributed by atoms with Gasteiger partial charge in [0.2, 0.25) is 5.88 Å². The van der Waals surface area contributed by atoms with E-state index in [1.54, 1.807) is 12.1 Å². The van der Waals surface area contributed by atoms with Gasteiger partial charge in [0.25, 0.3) is 0 Å². The number of hydrogen-bond donors (Lipinski definition) is 1. The molecule has 0 atom stereocenters. The van der Waals surface area contributed by atoms with Crippen LogP contribution in [0.2, 0.25) is 0 Å². The van der Waals surface area contributed by atoms with Gasteiger partial charge in [0.1, 0.15) is 5.82 Å². The van der Waals surface area contributed by atoms with Gasteiger partial charge in [0.05, 0.1) is 12.7 Å². The Morgan fingerprint density at radius 2 is 1.81 bits per heavy atom. The molecule has 3 nitrogen and oxygen atoms in total. The van der Waals surface area contributed by atoms with Crippen LogP contribution >= 0.6 is 0 Å². The second-order valence-electron chi connectivity index (χ2n) is 4.44. The van der Waals surface area contributed by atoms with E-state index in [9.17, 15) is 13.2 Å². The van der Waals surface area contributed by atoms with E-state index in [0.717, 1.165) is 17.7 Å². The third kappa shape index (κ3) is 4.37. The molecule has 1 aromatic heterocycles. The summed E-state index contributed by atoms with van der Waals surface area (Å²) in [5, 5.41) is 3.10. The largest absolute Gasteiger partial charge is 0.481 e. The van der Waals surface area contributed by atoms with Crippen LogP contribution in [-0.2, 0) is 12.6 Å². The lowest BCUT2D eigenvalue weighted by atomic mass is 10.1. The van der Waals surface area contributed by atoms with Crippen LogP contribution in [0.4, 0.5) is 19.0 Å². The number of ether oxygens (including phenoxy) is 1. The third-order valence-corrected chi connectivity index (χ3v) is 2.93. The van der Waals surface area contributed by atoms with Gasteiger partial charge in [-0.1, -0.05) is 18.2 Å². The molecule has 0 radical (unpaired) electrons. The summed E-state index contributed by atoms with van der Waals surface area (Å²) < 4.78 is 42.3. The summed E-state index contributed by atoms with van der Waals surface area (Å²) in [6.07, 6.45) is -3.68. The summed E-state index contributed by atoms with van der Waals surface area (Å²) in [7, 11) is 1.54. The van der Waals surface area contributed by atoms with Crippen molar-refractivity contribution in [3.8, 4) is 5.88 Å². The monoisotopic (exact) mass is 296 g/mol. The standard InChI is InChI=1S/C15H15F3N2O/c1-21-14-4-2-3-13(20-14)19-10-9-11-5-7-12(8-6-11)15(16,17)18/h2-8H,9-10H2,1H3,(H,19,20). The number of nitrogens with one attached hydrogen (secondary N) is 1. The molecule has 21 heavy (non-hydrogen) atoms. The lowest BCUT2D eigenvalue weighted by molar-refractivity contribution is -0.137. The summed E-state index contributed by atoms with van der Waals surface area (Å²) in [6.45, 7) is 0.575. The zero-order chi connectivity index (χ0) is 15.3. The number of hydrogen-bond acceptors (Lipinski definition) is 3. The van der Waals surface area contributed by atoms with E-state index in [4.69, 9.17) is 4.74 Å². The molecule has 0 aliphatic rings. The van der Waals surface area contributed by atoms with Gasteiger partial charge in [-0.15, -0.1) is 0 Å². The molecule has 0 bridgehead atoms. The van der Waals surface area contributed by atoms with Gasteiger partial charge in [-0.05, 0) is 30.2 Å². The SMILES string of the molecule is COc1cccc(NCCc2ccc(C(F)(F)F)cc2)n1. The molecule has 0 aliphatic carbocycles. The van der Waals surface area contributed by atoms with Gasteiger partial charge in [0, 0.05) is 12.6 Å². The van der Waals surface area contributed by atoms with E-state index in [2.05, 4.69) is 10.3 Å². The molecule has 0 spiro atoms. The summed E-state index contributed by atoms with van der Waals surface area (Å²) >= 11 is 0. The summed E-state index contributed by atoms with van der Waals surface area (Å²) in [6, 6.07) is 10.5. The van der Waals surface area contributed by atoms with Crippen LogP contribution < -0.4 is 10.1 Å². The van der Waals surface area contributed by atoms with E-state index in [1.165, 1.54) is 19.2 Å². The number of methoxy groups -OCH3 is 1. The number of pyridine rings is 1. The van der Waals surface area contributed by atoms with Crippen molar-refractivity contribution in [1.82, 2.24) is 4.98 Å². The first kappa shape index (κ1) is 15.2. The molecule has 112 valence electrons. The van der Waals surface area contributed by atoms with Gasteiger partial charge < -0.3 is 10.1 Å². The smallest absolute Gasteiger partial charge is 0.416 e. The van der Waals surface area contributed by atoms with Crippen molar-refractivity contribution in [2.75, 3.05) is 19.0 Å². The molecule has 6 heteroatoms. The summed E-state index contributed by atoms with van der Waals surface area (Å²) in [4.78, 5) is 4.19. The van der Waals surface area contributed by atoms with E-state index in [0.29, 0.717) is 24.7 Å². The fraction of sp³-hybridized carbons (Fsp3) is 0.267. The Kier molecular flexibility index (Phi) is 4.67. The van der Waals surface area contributed by atoms with Crippen molar-refractivity contribution in [1.29, 1.82) is 0 Å². The second-order valence-corrected chi connectivity index (χ2v) is 4.44. The molecular weight excluding hydrogens is 281 g/mol. The van der Waals surface area contributed by atoms with Crippen LogP contribution in [0, 0.1) is 0 Å². The van der Waals surface area contributed by atoms with Gasteiger partial charge in [-0.3, -0.25) is 0 Å². The number of aromatic nitrogens is 1. The van der Waals surface area contributed by atoms with Crippen LogP contribution in [0.15, 0.2) is 42.5 Å². The molecule has 1 N–H and O–H groups in total. The predicted octanol–water partition coefficient (Wildman–Crippen LogP) is 3.76. The van der Waals surface area contributed by atoms with E-state index < -0.39 is 11.7 Å². The Morgan fingerprint density at radius 3 is 2.43 bits per heavy atom. The van der Waals surface area contributed by atoms with Crippen molar-refractivity contribution in [3.05, 3.63) is 53.6 Å². The number of alkyl halides is 3. The average molecular weight is 296 g/mol. The van der Waals surface area contributed by atoms with Crippen molar-refractivity contribution in [3.63, 3.8) is 0 Å². The number of rotatable bonds is 5. The minimum atomic E-state index is -4.29. The fourth-order valence-corrected chi connectivity index (χ4v) is 1.82. The molecule has 1 aromatic carbocycles. The lowest BCUT2D eigenvalue weighted by Crippen LogP contribution is -2.08. The molecule has 0 saturated heterocycles. The van der Waals surface area contributed by atoms with Crippen molar-refractivity contribution >= 4 is 5.82 Å². The minimum absolute atomic E-state index is 0.509. The maximum atomic E-state index is 12.4. The molecule has 0 fully saturated rings. The van der Waals surface area contributed by atoms with Crippen molar-refractivity contribution < 1.29 is 17.9 Å². The Bertz CT molecular complexity index is 582. The van der Waals surface area contributed by atoms with Gasteiger partial charge in [-0.25, -0.2) is 0 Å². The van der Waals surface area contributed by atoms with Crippen molar-refractivity contribution in [2.45, 2.75) is 12.6 Å². The Hall–Kier alpha value is -2.24. The first-order valence-corrected chi connectivity index (χ1v) is 6.40. The highest BCUT2D eigenvalue weighted by atomic mass is 19.4. The molecule has 0 unspecified atom stereocenters. The Labute approximate surface area is 120 Å². The fourth-order valence-electron chi connectivity index (χ4n) is 1.82. The van der Waals surface area contributed by atoms with Crippen LogP contribution in [0.1, 0.15) is 11.1 Å². The molecule has 0 saturated carbocycles. The zero-order valence-corrected chi connectivity index (χ0v) is 11.4. The minimum Gasteiger partial charge on any atom is -0.481 e. The Balaban J connectivity index is 1.88. The summed E-state index contributed by atoms with van der Waals surface area (Å²) in [5.74, 6) is 1.18. The highest BCUT2D eigenvalue weighted by molar-refractivity contribution is 5.37. The first-order chi connectivity index (χ1) is 9.99. The van der Waals surface area contributed by atoms with Crippen LogP contribution in [-0.4, -0.2) is 18.6 Å². The summed E-state index contributed by atoms with van der Waals surface area (Å²) in [5.41, 5.74) is 0.201. The lowest BCUT2D eigenvalue weighted by Gasteiger charge is -2.09. The number of nitrogens with zero attached hydrogens (tertiary/aromatic N) is 1. The topological polar surface area (TPSA) is 34.1 Å². The van der Waals surface area contributed by atoms with Crippen LogP contribution in [0.5, 0.6) is 5.88 Å². The number of benzene rings is 1. The molecule has 2 rings (SSSR count). The first-order valence-electron chi connectivity index (χ1n) is 6.40. The van der Waals surface area contributed by atoms with Gasteiger partial charge in [-0.2, -0.15) is 18.2 Å². The predicted molar refractivity (Wildman–Crippen MR) is 74.4 cm³/mol. The van der Waals surface area contributed by atoms with Crippen LogP contribution in [0.25, 0.3) is 0 Å². The highest BCUT2D eigenvalue weighted by Gasteiger charge is 2.29. The van der Waals surface area contributed by atoms with Gasteiger partial charge >= 0.3 is 6.18 Å². The van der Waals surface area contributed by atoms with Crippen LogP contribution in [0.3, 0.4) is 0 Å². The van der Waals surface area contributed by atoms with Gasteiger partial charge in [0.15, 0.2) is 0 Å². The second kappa shape index (κ2) is 6.47. The highest BCUT2D eigenvalue weighted by Crippen LogP contribution is 2.29. The molecule has 2 aromatic rings. The maximum Gasteiger partial charge on any atom is 0.416 e. The normalized spacial score (nSPS) is 11.2. The zero-order valence-electron chi connectivity index (χ0n) is 11.4. The Morgan fingerprint density at radius 1 is 1.10 bits per heavy atom. The number of halogens is 3. The molecular formula is C15H15F3N2O. The maximum absolute atomic E-state index is 12.4.